The van der Waals surface area contributed by atoms with Crippen molar-refractivity contribution < 1.29 is 0 Å². The summed E-state index contributed by atoms with van der Waals surface area (Å²) in [5, 5.41) is 0. The molecule has 0 heterocycles. The second-order valence-corrected chi connectivity index (χ2v) is 7.47. The van der Waals surface area contributed by atoms with Crippen molar-refractivity contribution in [1.82, 2.24) is 0 Å². The van der Waals surface area contributed by atoms with Crippen molar-refractivity contribution >= 4 is 23.3 Å². The van der Waals surface area contributed by atoms with Gasteiger partial charge in [-0.3, -0.25) is 0 Å². The largest absolute Gasteiger partial charge is 0.399 e. The van der Waals surface area contributed by atoms with Crippen LogP contribution in [0.3, 0.4) is 0 Å². The first-order chi connectivity index (χ1) is 11.5. The highest BCUT2D eigenvalue weighted by atomic mass is 32.2. The van der Waals surface area contributed by atoms with E-state index in [9.17, 15) is 0 Å². The van der Waals surface area contributed by atoms with Gasteiger partial charge >= 0.3 is 0 Å². The number of benzene rings is 1. The predicted octanol–water partition coefficient (Wildman–Crippen LogP) is 6.23. The Bertz CT molecular complexity index is 822. The van der Waals surface area contributed by atoms with E-state index in [1.165, 1.54) is 32.7 Å². The van der Waals surface area contributed by atoms with Crippen LogP contribution in [-0.4, -0.2) is 0 Å². The Hall–Kier alpha value is -2.13. The lowest BCUT2D eigenvalue weighted by atomic mass is 10.0. The molecule has 0 radical (unpaired) electrons. The predicted molar refractivity (Wildman–Crippen MR) is 107 cm³/mol. The number of aryl methyl sites for hydroxylation is 2. The summed E-state index contributed by atoms with van der Waals surface area (Å²) < 4.78 is 3.43. The molecule has 3 N–H and O–H groups in total. The third-order valence-corrected chi connectivity index (χ3v) is 5.26. The number of hydrogen-bond acceptors (Lipinski definition) is 3. The maximum Gasteiger partial charge on any atom is 0.0444 e. The second-order valence-electron chi connectivity index (χ2n) is 6.62. The molecule has 1 aromatic rings. The van der Waals surface area contributed by atoms with Gasteiger partial charge < -0.3 is 10.5 Å². The summed E-state index contributed by atoms with van der Waals surface area (Å²) in [7, 11) is 0. The highest BCUT2D eigenvalue weighted by Crippen LogP contribution is 2.41. The Morgan fingerprint density at radius 3 is 2.29 bits per heavy atom. The van der Waals surface area contributed by atoms with Gasteiger partial charge in [-0.1, -0.05) is 32.0 Å². The third-order valence-electron chi connectivity index (χ3n) is 4.38. The third kappa shape index (κ3) is 3.36. The van der Waals surface area contributed by atoms with Gasteiger partial charge in [-0.2, -0.15) is 0 Å². The zero-order valence-electron chi connectivity index (χ0n) is 14.7. The van der Waals surface area contributed by atoms with Crippen LogP contribution in [0.4, 0.5) is 11.4 Å². The van der Waals surface area contributed by atoms with Gasteiger partial charge in [0.25, 0.3) is 0 Å². The molecule has 0 aromatic heterocycles. The molecule has 0 bridgehead atoms. The smallest absolute Gasteiger partial charge is 0.0444 e. The zero-order chi connectivity index (χ0) is 17.3. The van der Waals surface area contributed by atoms with Crippen molar-refractivity contribution in [3.63, 3.8) is 0 Å². The minimum Gasteiger partial charge on any atom is -0.399 e. The standard InChI is InChI=1S/C21H24N2S/c1-13(2)16-6-5-14(3)21-19(12-16)15(4)11-20(21)24-23-18-9-7-17(22)8-10-18/h5-13,23H,22H2,1-4H3. The summed E-state index contributed by atoms with van der Waals surface area (Å²) in [5.41, 5.74) is 14.3. The average molecular weight is 337 g/mol. The first kappa shape index (κ1) is 16.7. The molecule has 0 fully saturated rings. The highest BCUT2D eigenvalue weighted by Gasteiger charge is 2.17. The first-order valence-electron chi connectivity index (χ1n) is 8.28. The van der Waals surface area contributed by atoms with Crippen molar-refractivity contribution in [1.29, 1.82) is 0 Å². The van der Waals surface area contributed by atoms with Crippen molar-refractivity contribution in [2.45, 2.75) is 38.5 Å². The summed E-state index contributed by atoms with van der Waals surface area (Å²) in [6, 6.07) is 16.9. The van der Waals surface area contributed by atoms with Crippen molar-refractivity contribution in [2.24, 2.45) is 0 Å². The topological polar surface area (TPSA) is 38.0 Å². The maximum absolute atomic E-state index is 5.75. The highest BCUT2D eigenvalue weighted by molar-refractivity contribution is 8.00. The number of rotatable bonds is 4. The Kier molecular flexibility index (Phi) is 4.72. The van der Waals surface area contributed by atoms with Gasteiger partial charge in [-0.05, 0) is 84.3 Å². The number of hydrogen-bond donors (Lipinski definition) is 2. The zero-order valence-corrected chi connectivity index (χ0v) is 15.5. The summed E-state index contributed by atoms with van der Waals surface area (Å²) in [6.45, 7) is 8.87. The molecule has 2 nitrogen and oxygen atoms in total. The summed E-state index contributed by atoms with van der Waals surface area (Å²) in [5.74, 6) is 0.526. The monoisotopic (exact) mass is 336 g/mol. The molecule has 0 spiro atoms. The lowest BCUT2D eigenvalue weighted by Crippen LogP contribution is -1.89. The first-order valence-corrected chi connectivity index (χ1v) is 9.09. The number of fused-ring (bicyclic) bond motifs is 1. The fourth-order valence-electron chi connectivity index (χ4n) is 2.89. The van der Waals surface area contributed by atoms with Gasteiger partial charge in [0.1, 0.15) is 0 Å². The summed E-state index contributed by atoms with van der Waals surface area (Å²) >= 11 is 1.66. The van der Waals surface area contributed by atoms with E-state index in [4.69, 9.17) is 5.73 Å². The minimum atomic E-state index is 0.526. The van der Waals surface area contributed by atoms with Gasteiger partial charge in [0.15, 0.2) is 0 Å². The second kappa shape index (κ2) is 6.78. The van der Waals surface area contributed by atoms with Crippen LogP contribution in [0, 0.1) is 13.8 Å². The van der Waals surface area contributed by atoms with E-state index in [0.717, 1.165) is 11.4 Å². The molecule has 0 aliphatic heterocycles. The fraction of sp³-hybridized carbons (Fsp3) is 0.238. The Morgan fingerprint density at radius 2 is 1.62 bits per heavy atom. The van der Waals surface area contributed by atoms with Gasteiger partial charge in [-0.25, -0.2) is 0 Å². The lowest BCUT2D eigenvalue weighted by Gasteiger charge is -2.08. The molecule has 3 rings (SSSR count). The number of nitrogens with one attached hydrogen (secondary N) is 1. The minimum absolute atomic E-state index is 0.526. The summed E-state index contributed by atoms with van der Waals surface area (Å²) in [6.07, 6.45) is 0. The van der Waals surface area contributed by atoms with E-state index < -0.39 is 0 Å². The molecule has 24 heavy (non-hydrogen) atoms. The van der Waals surface area contributed by atoms with Gasteiger partial charge in [-0.15, -0.1) is 0 Å². The van der Waals surface area contributed by atoms with Crippen LogP contribution in [0.15, 0.2) is 53.4 Å². The van der Waals surface area contributed by atoms with Crippen LogP contribution in [0.5, 0.6) is 0 Å². The number of nitrogen functional groups attached to an aromatic ring is 1. The Labute approximate surface area is 148 Å². The van der Waals surface area contributed by atoms with Crippen molar-refractivity contribution in [2.75, 3.05) is 10.5 Å². The fourth-order valence-corrected chi connectivity index (χ4v) is 3.87. The lowest BCUT2D eigenvalue weighted by molar-refractivity contribution is 0.868. The van der Waals surface area contributed by atoms with Gasteiger partial charge in [0, 0.05) is 21.8 Å². The van der Waals surface area contributed by atoms with Crippen LogP contribution in [0.25, 0.3) is 11.1 Å². The van der Waals surface area contributed by atoms with Crippen molar-refractivity contribution in [3.05, 3.63) is 65.2 Å². The van der Waals surface area contributed by atoms with E-state index >= 15 is 0 Å². The molecule has 2 aliphatic rings. The van der Waals surface area contributed by atoms with E-state index in [-0.39, 0.29) is 0 Å². The van der Waals surface area contributed by atoms with E-state index in [1.54, 1.807) is 11.9 Å². The Balaban J connectivity index is 1.94. The molecule has 0 saturated carbocycles. The van der Waals surface area contributed by atoms with Crippen LogP contribution in [0.2, 0.25) is 0 Å². The SMILES string of the molecule is Cc1cc(SNc2ccc(N)cc2)c2c(C)ccc(C(C)C)cc1-2. The average Bonchev–Trinajstić information content (AvgIpc) is 2.74. The summed E-state index contributed by atoms with van der Waals surface area (Å²) in [4.78, 5) is 1.27. The molecular weight excluding hydrogens is 312 g/mol. The molecule has 0 amide bonds. The quantitative estimate of drug-likeness (QED) is 0.438. The Morgan fingerprint density at radius 1 is 0.917 bits per heavy atom. The molecule has 124 valence electrons. The van der Waals surface area contributed by atoms with E-state index in [0.29, 0.717) is 5.92 Å². The number of anilines is 2. The van der Waals surface area contributed by atoms with Gasteiger partial charge in [0.05, 0.1) is 0 Å². The normalized spacial score (nSPS) is 11.2. The molecule has 1 aromatic carbocycles. The van der Waals surface area contributed by atoms with Crippen LogP contribution < -0.4 is 10.5 Å². The van der Waals surface area contributed by atoms with Gasteiger partial charge in [0.2, 0.25) is 0 Å². The van der Waals surface area contributed by atoms with Crippen LogP contribution in [-0.2, 0) is 0 Å². The van der Waals surface area contributed by atoms with Crippen molar-refractivity contribution in [3.8, 4) is 11.1 Å². The molecule has 3 heteroatoms. The molecule has 0 saturated heterocycles. The number of nitrogens with two attached hydrogens (primary N) is 1. The van der Waals surface area contributed by atoms with Crippen LogP contribution in [0.1, 0.15) is 36.5 Å². The molecular formula is C21H24N2S. The molecule has 2 aliphatic carbocycles. The maximum atomic E-state index is 5.75. The van der Waals surface area contributed by atoms with E-state index in [2.05, 4.69) is 56.7 Å². The molecule has 0 unspecified atom stereocenters. The van der Waals surface area contributed by atoms with E-state index in [1.807, 2.05) is 24.3 Å². The molecule has 0 atom stereocenters. The van der Waals surface area contributed by atoms with Crippen LogP contribution >= 0.6 is 11.9 Å².